The van der Waals surface area contributed by atoms with Gasteiger partial charge in [0.05, 0.1) is 0 Å². The second-order valence-electron chi connectivity index (χ2n) is 1.58. The largest absolute Gasteiger partial charge is 0.253 e. The summed E-state index contributed by atoms with van der Waals surface area (Å²) in [4.78, 5) is 0. The van der Waals surface area contributed by atoms with E-state index in [1.165, 1.54) is 0 Å². The fraction of sp³-hybridized carbons (Fsp3) is 1.00. The van der Waals surface area contributed by atoms with Crippen molar-refractivity contribution < 1.29 is 0 Å². The Bertz CT molecular complexity index is 26.5. The van der Waals surface area contributed by atoms with Crippen LogP contribution in [0.2, 0.25) is 0 Å². The van der Waals surface area contributed by atoms with Crippen molar-refractivity contribution in [2.24, 2.45) is 0 Å². The van der Waals surface area contributed by atoms with Crippen LogP contribution < -0.4 is 11.5 Å². The van der Waals surface area contributed by atoms with E-state index in [2.05, 4.69) is 0 Å². The molecule has 0 rings (SSSR count). The third-order valence-corrected chi connectivity index (χ3v) is 0.750. The van der Waals surface area contributed by atoms with Gasteiger partial charge >= 0.3 is 0 Å². The Morgan fingerprint density at radius 3 is 1.17 bits per heavy atom. The summed E-state index contributed by atoms with van der Waals surface area (Å²) in [6.07, 6.45) is 0. The summed E-state index contributed by atoms with van der Waals surface area (Å²) in [5.41, 5.74) is 13.7. The molecule has 0 aliphatic rings. The average molecular weight is 86.1 g/mol. The van der Waals surface area contributed by atoms with Gasteiger partial charge in [-0.1, -0.05) is 0 Å². The van der Waals surface area contributed by atoms with E-state index in [4.69, 9.17) is 11.5 Å². The van der Waals surface area contributed by atoms with Gasteiger partial charge in [-0.05, 0) is 13.8 Å². The predicted octanol–water partition coefficient (Wildman–Crippen LogP) is 0.329. The Hall–Kier alpha value is -0.0800. The zero-order valence-corrected chi connectivity index (χ0v) is 4.15. The minimum Gasteiger partial charge on any atom is -0.253 e. The maximum absolute atomic E-state index is 6.84. The molecule has 2 radical (unpaired) electrons. The first-order chi connectivity index (χ1) is 2.64. The van der Waals surface area contributed by atoms with Crippen molar-refractivity contribution in [1.82, 2.24) is 11.5 Å². The van der Waals surface area contributed by atoms with Crippen LogP contribution in [0.3, 0.4) is 0 Å². The molecule has 0 saturated heterocycles. The maximum atomic E-state index is 6.84. The Morgan fingerprint density at radius 2 is 1.17 bits per heavy atom. The maximum Gasteiger partial charge on any atom is 0.0349 e. The predicted molar refractivity (Wildman–Crippen MR) is 25.1 cm³/mol. The van der Waals surface area contributed by atoms with Crippen molar-refractivity contribution >= 4 is 0 Å². The van der Waals surface area contributed by atoms with Gasteiger partial charge in [0, 0.05) is 12.1 Å². The van der Waals surface area contributed by atoms with Crippen LogP contribution >= 0.6 is 0 Å². The molecule has 0 saturated carbocycles. The van der Waals surface area contributed by atoms with E-state index in [1.54, 1.807) is 13.8 Å². The molecular weight excluding hydrogens is 76.1 g/mol. The SMILES string of the molecule is CC([NH])C(C)[NH]. The number of hydrogen-bond acceptors (Lipinski definition) is 0. The van der Waals surface area contributed by atoms with Crippen LogP contribution in [0.15, 0.2) is 0 Å². The van der Waals surface area contributed by atoms with Gasteiger partial charge in [0.25, 0.3) is 0 Å². The molecular formula is C4H10N2. The lowest BCUT2D eigenvalue weighted by molar-refractivity contribution is 0.574. The highest BCUT2D eigenvalue weighted by Crippen LogP contribution is 1.83. The van der Waals surface area contributed by atoms with E-state index in [0.717, 1.165) is 0 Å². The van der Waals surface area contributed by atoms with Gasteiger partial charge in [0.15, 0.2) is 0 Å². The van der Waals surface area contributed by atoms with Crippen molar-refractivity contribution in [3.05, 3.63) is 0 Å². The van der Waals surface area contributed by atoms with Crippen molar-refractivity contribution in [2.75, 3.05) is 0 Å². The molecule has 0 aliphatic heterocycles. The zero-order valence-electron chi connectivity index (χ0n) is 4.15. The summed E-state index contributed by atoms with van der Waals surface area (Å²) in [6.45, 7) is 3.44. The Balaban J connectivity index is 2.99. The van der Waals surface area contributed by atoms with Crippen molar-refractivity contribution in [1.29, 1.82) is 0 Å². The molecule has 0 amide bonds. The molecule has 2 nitrogen and oxygen atoms in total. The van der Waals surface area contributed by atoms with Gasteiger partial charge in [-0.15, -0.1) is 0 Å². The van der Waals surface area contributed by atoms with E-state index in [0.29, 0.717) is 0 Å². The molecule has 6 heavy (non-hydrogen) atoms. The summed E-state index contributed by atoms with van der Waals surface area (Å²) < 4.78 is 0. The Labute approximate surface area is 38.5 Å². The van der Waals surface area contributed by atoms with Gasteiger partial charge in [0.1, 0.15) is 0 Å². The average Bonchev–Trinajstić information content (AvgIpc) is 1.36. The fourth-order valence-corrected chi connectivity index (χ4v) is 0. The van der Waals surface area contributed by atoms with Crippen LogP contribution in [0.5, 0.6) is 0 Å². The first-order valence-corrected chi connectivity index (χ1v) is 2.07. The second kappa shape index (κ2) is 2.16. The summed E-state index contributed by atoms with van der Waals surface area (Å²) in [5, 5.41) is 0. The lowest BCUT2D eigenvalue weighted by atomic mass is 10.2. The molecule has 0 aromatic carbocycles. The lowest BCUT2D eigenvalue weighted by Crippen LogP contribution is -2.21. The number of hydrogen-bond donors (Lipinski definition) is 0. The van der Waals surface area contributed by atoms with Crippen molar-refractivity contribution in [3.8, 4) is 0 Å². The molecule has 0 aromatic heterocycles. The normalized spacial score (nSPS) is 20.0. The quantitative estimate of drug-likeness (QED) is 0.441. The standard InChI is InChI=1S/C4H10N2/c1-3(5)4(2)6/h3-6H,1-2H3. The smallest absolute Gasteiger partial charge is 0.0349 e. The molecule has 2 atom stereocenters. The second-order valence-corrected chi connectivity index (χ2v) is 1.58. The summed E-state index contributed by atoms with van der Waals surface area (Å²) in [6, 6.07) is -0.463. The highest BCUT2D eigenvalue weighted by molar-refractivity contribution is 4.61. The molecule has 0 aliphatic carbocycles. The van der Waals surface area contributed by atoms with Crippen molar-refractivity contribution in [3.63, 3.8) is 0 Å². The summed E-state index contributed by atoms with van der Waals surface area (Å²) in [7, 11) is 0. The Morgan fingerprint density at radius 1 is 1.00 bits per heavy atom. The van der Waals surface area contributed by atoms with Crippen LogP contribution in [0, 0.1) is 0 Å². The van der Waals surface area contributed by atoms with Gasteiger partial charge in [-0.2, -0.15) is 0 Å². The highest BCUT2D eigenvalue weighted by atomic mass is 14.7. The topological polar surface area (TPSA) is 47.6 Å². The Kier molecular flexibility index (Phi) is 2.13. The molecule has 2 N–H and O–H groups in total. The van der Waals surface area contributed by atoms with E-state index in [9.17, 15) is 0 Å². The van der Waals surface area contributed by atoms with Crippen LogP contribution in [-0.2, 0) is 0 Å². The highest BCUT2D eigenvalue weighted by Gasteiger charge is 1.98. The first kappa shape index (κ1) is 5.92. The van der Waals surface area contributed by atoms with Crippen LogP contribution in [0.4, 0.5) is 0 Å². The first-order valence-electron chi connectivity index (χ1n) is 2.07. The third kappa shape index (κ3) is 2.18. The van der Waals surface area contributed by atoms with Crippen LogP contribution in [0.25, 0.3) is 0 Å². The monoisotopic (exact) mass is 86.1 g/mol. The van der Waals surface area contributed by atoms with E-state index in [-0.39, 0.29) is 12.1 Å². The molecule has 2 unspecified atom stereocenters. The molecule has 0 spiro atoms. The van der Waals surface area contributed by atoms with Gasteiger partial charge < -0.3 is 0 Å². The summed E-state index contributed by atoms with van der Waals surface area (Å²) >= 11 is 0. The minimum absolute atomic E-state index is 0.231. The van der Waals surface area contributed by atoms with E-state index in [1.807, 2.05) is 0 Å². The molecule has 0 fully saturated rings. The summed E-state index contributed by atoms with van der Waals surface area (Å²) in [5.74, 6) is 0. The van der Waals surface area contributed by atoms with Crippen LogP contribution in [-0.4, -0.2) is 12.1 Å². The van der Waals surface area contributed by atoms with E-state index >= 15 is 0 Å². The lowest BCUT2D eigenvalue weighted by Gasteiger charge is -2.03. The zero-order chi connectivity index (χ0) is 5.15. The molecule has 36 valence electrons. The fourth-order valence-electron chi connectivity index (χ4n) is 0. The van der Waals surface area contributed by atoms with Gasteiger partial charge in [-0.25, -0.2) is 0 Å². The third-order valence-electron chi connectivity index (χ3n) is 0.750. The number of nitrogens with one attached hydrogen (secondary N) is 2. The van der Waals surface area contributed by atoms with Crippen molar-refractivity contribution in [2.45, 2.75) is 25.9 Å². The van der Waals surface area contributed by atoms with Crippen LogP contribution in [0.1, 0.15) is 13.8 Å². The van der Waals surface area contributed by atoms with Gasteiger partial charge in [0.2, 0.25) is 0 Å². The molecule has 2 heteroatoms. The van der Waals surface area contributed by atoms with Gasteiger partial charge in [-0.3, -0.25) is 11.5 Å². The number of rotatable bonds is 1. The molecule has 0 heterocycles. The minimum atomic E-state index is -0.231. The molecule has 0 bridgehead atoms. The van der Waals surface area contributed by atoms with E-state index < -0.39 is 0 Å². The molecule has 0 aromatic rings.